The van der Waals surface area contributed by atoms with Gasteiger partial charge in [-0.1, -0.05) is 12.1 Å². The number of aromatic nitrogens is 1. The van der Waals surface area contributed by atoms with Crippen molar-refractivity contribution in [2.75, 3.05) is 23.7 Å². The first-order valence-corrected chi connectivity index (χ1v) is 6.53. The van der Waals surface area contributed by atoms with Crippen LogP contribution in [0.4, 0.5) is 11.4 Å². The molecule has 0 radical (unpaired) electrons. The zero-order valence-corrected chi connectivity index (χ0v) is 11.7. The van der Waals surface area contributed by atoms with Gasteiger partial charge in [-0.2, -0.15) is 0 Å². The number of nitrogens with zero attached hydrogens (tertiary/aromatic N) is 2. The number of hydrogen-bond donors (Lipinski definition) is 2. The molecule has 0 aliphatic heterocycles. The number of para-hydroxylation sites is 1. The van der Waals surface area contributed by atoms with E-state index >= 15 is 0 Å². The molecule has 0 saturated heterocycles. The third kappa shape index (κ3) is 2.96. The predicted molar refractivity (Wildman–Crippen MR) is 80.3 cm³/mol. The first kappa shape index (κ1) is 13.6. The molecule has 2 aromatic rings. The molecule has 0 fully saturated rings. The van der Waals surface area contributed by atoms with Crippen LogP contribution in [0.3, 0.4) is 0 Å². The number of aliphatic hydroxyl groups is 1. The van der Waals surface area contributed by atoms with Crippen molar-refractivity contribution >= 4 is 22.3 Å². The smallest absolute Gasteiger partial charge is 0.0951 e. The number of pyridine rings is 1. The largest absolute Gasteiger partial charge is 0.397 e. The summed E-state index contributed by atoms with van der Waals surface area (Å²) in [5, 5.41) is 11.0. The number of anilines is 2. The van der Waals surface area contributed by atoms with Gasteiger partial charge in [-0.25, -0.2) is 0 Å². The average molecular weight is 259 g/mol. The van der Waals surface area contributed by atoms with E-state index in [4.69, 9.17) is 5.73 Å². The number of nitrogen functional groups attached to an aromatic ring is 1. The van der Waals surface area contributed by atoms with Gasteiger partial charge in [0.15, 0.2) is 0 Å². The van der Waals surface area contributed by atoms with E-state index < -0.39 is 5.60 Å². The molecule has 19 heavy (non-hydrogen) atoms. The van der Waals surface area contributed by atoms with E-state index in [-0.39, 0.29) is 0 Å². The molecule has 4 heteroatoms. The molecule has 4 nitrogen and oxygen atoms in total. The van der Waals surface area contributed by atoms with Gasteiger partial charge < -0.3 is 15.7 Å². The minimum absolute atomic E-state index is 0.567. The maximum absolute atomic E-state index is 10.0. The van der Waals surface area contributed by atoms with Crippen molar-refractivity contribution in [3.63, 3.8) is 0 Å². The monoisotopic (exact) mass is 259 g/mol. The summed E-state index contributed by atoms with van der Waals surface area (Å²) in [6.45, 7) is 7.08. The summed E-state index contributed by atoms with van der Waals surface area (Å²) in [7, 11) is 0. The van der Waals surface area contributed by atoms with Crippen LogP contribution in [0, 0.1) is 0 Å². The van der Waals surface area contributed by atoms with Crippen LogP contribution < -0.4 is 10.6 Å². The van der Waals surface area contributed by atoms with Crippen LogP contribution in [0.1, 0.15) is 20.8 Å². The molecule has 0 amide bonds. The van der Waals surface area contributed by atoms with Crippen molar-refractivity contribution in [1.82, 2.24) is 4.98 Å². The van der Waals surface area contributed by atoms with Crippen LogP contribution in [-0.2, 0) is 0 Å². The van der Waals surface area contributed by atoms with Gasteiger partial charge >= 0.3 is 0 Å². The Bertz CT molecular complexity index is 575. The number of likely N-dealkylation sites (N-methyl/N-ethyl adjacent to an activating group) is 1. The molecule has 3 N–H and O–H groups in total. The molecule has 1 aromatic heterocycles. The lowest BCUT2D eigenvalue weighted by Crippen LogP contribution is -2.38. The molecule has 0 aliphatic rings. The van der Waals surface area contributed by atoms with E-state index in [0.717, 1.165) is 23.1 Å². The summed E-state index contributed by atoms with van der Waals surface area (Å²) >= 11 is 0. The molecule has 0 bridgehead atoms. The van der Waals surface area contributed by atoms with Gasteiger partial charge in [0, 0.05) is 30.4 Å². The van der Waals surface area contributed by atoms with E-state index in [2.05, 4.69) is 16.8 Å². The minimum atomic E-state index is -0.744. The summed E-state index contributed by atoms with van der Waals surface area (Å²) < 4.78 is 0. The molecule has 0 spiro atoms. The highest BCUT2D eigenvalue weighted by Crippen LogP contribution is 2.29. The zero-order valence-electron chi connectivity index (χ0n) is 11.7. The molecule has 1 heterocycles. The first-order chi connectivity index (χ1) is 8.92. The van der Waals surface area contributed by atoms with Crippen LogP contribution in [-0.4, -0.2) is 28.8 Å². The topological polar surface area (TPSA) is 62.4 Å². The summed E-state index contributed by atoms with van der Waals surface area (Å²) in [6.07, 6.45) is 1.76. The van der Waals surface area contributed by atoms with Crippen LogP contribution in [0.15, 0.2) is 30.5 Å². The fraction of sp³-hybridized carbons (Fsp3) is 0.400. The fourth-order valence-corrected chi connectivity index (χ4v) is 2.29. The average Bonchev–Trinajstić information content (AvgIpc) is 2.35. The van der Waals surface area contributed by atoms with Crippen LogP contribution in [0.5, 0.6) is 0 Å². The molecule has 0 atom stereocenters. The van der Waals surface area contributed by atoms with Gasteiger partial charge in [0.05, 0.1) is 16.8 Å². The Balaban J connectivity index is 2.52. The van der Waals surface area contributed by atoms with Crippen molar-refractivity contribution in [2.24, 2.45) is 0 Å². The third-order valence-corrected chi connectivity index (χ3v) is 3.08. The summed E-state index contributed by atoms with van der Waals surface area (Å²) in [5.41, 5.74) is 7.77. The van der Waals surface area contributed by atoms with Gasteiger partial charge in [0.25, 0.3) is 0 Å². The van der Waals surface area contributed by atoms with Gasteiger partial charge in [0.2, 0.25) is 0 Å². The summed E-state index contributed by atoms with van der Waals surface area (Å²) in [5.74, 6) is 0. The van der Waals surface area contributed by atoms with Crippen molar-refractivity contribution in [3.05, 3.63) is 30.5 Å². The van der Waals surface area contributed by atoms with Crippen LogP contribution in [0.2, 0.25) is 0 Å². The van der Waals surface area contributed by atoms with Crippen LogP contribution >= 0.6 is 0 Å². The molecule has 0 aliphatic carbocycles. The molecule has 0 unspecified atom stereocenters. The standard InChI is InChI=1S/C15H21N3O/c1-4-18(10-15(2,3)19)13-8-9-17-14-11(13)6-5-7-12(14)16/h5-9,19H,4,10,16H2,1-3H3. The van der Waals surface area contributed by atoms with E-state index in [1.54, 1.807) is 6.20 Å². The molecular weight excluding hydrogens is 238 g/mol. The Morgan fingerprint density at radius 2 is 2.05 bits per heavy atom. The Labute approximate surface area is 113 Å². The normalized spacial score (nSPS) is 11.8. The molecule has 1 aromatic carbocycles. The molecule has 0 saturated carbocycles. The summed E-state index contributed by atoms with van der Waals surface area (Å²) in [4.78, 5) is 6.48. The second-order valence-corrected chi connectivity index (χ2v) is 5.40. The fourth-order valence-electron chi connectivity index (χ4n) is 2.29. The van der Waals surface area contributed by atoms with Crippen molar-refractivity contribution in [2.45, 2.75) is 26.4 Å². The Hall–Kier alpha value is -1.81. The second kappa shape index (κ2) is 5.05. The lowest BCUT2D eigenvalue weighted by molar-refractivity contribution is 0.0876. The maximum Gasteiger partial charge on any atom is 0.0951 e. The van der Waals surface area contributed by atoms with Crippen LogP contribution in [0.25, 0.3) is 10.9 Å². The van der Waals surface area contributed by atoms with E-state index in [1.165, 1.54) is 0 Å². The zero-order chi connectivity index (χ0) is 14.0. The van der Waals surface area contributed by atoms with Gasteiger partial charge in [0.1, 0.15) is 0 Å². The van der Waals surface area contributed by atoms with E-state index in [0.29, 0.717) is 12.2 Å². The van der Waals surface area contributed by atoms with Gasteiger partial charge in [-0.15, -0.1) is 0 Å². The van der Waals surface area contributed by atoms with E-state index in [1.807, 2.05) is 38.1 Å². The third-order valence-electron chi connectivity index (χ3n) is 3.08. The molecule has 102 valence electrons. The Kier molecular flexibility index (Phi) is 3.62. The SMILES string of the molecule is CCN(CC(C)(C)O)c1ccnc2c(N)cccc12. The highest BCUT2D eigenvalue weighted by molar-refractivity contribution is 5.98. The molecule has 2 rings (SSSR count). The number of benzene rings is 1. The van der Waals surface area contributed by atoms with Crippen molar-refractivity contribution < 1.29 is 5.11 Å². The predicted octanol–water partition coefficient (Wildman–Crippen LogP) is 2.41. The van der Waals surface area contributed by atoms with Crippen molar-refractivity contribution in [3.8, 4) is 0 Å². The Morgan fingerprint density at radius 3 is 2.68 bits per heavy atom. The summed E-state index contributed by atoms with van der Waals surface area (Å²) in [6, 6.07) is 7.77. The number of fused-ring (bicyclic) bond motifs is 1. The minimum Gasteiger partial charge on any atom is -0.397 e. The van der Waals surface area contributed by atoms with Gasteiger partial charge in [-0.05, 0) is 32.9 Å². The maximum atomic E-state index is 10.0. The number of hydrogen-bond acceptors (Lipinski definition) is 4. The van der Waals surface area contributed by atoms with Crippen molar-refractivity contribution in [1.29, 1.82) is 0 Å². The quantitative estimate of drug-likeness (QED) is 0.828. The highest BCUT2D eigenvalue weighted by Gasteiger charge is 2.19. The molecular formula is C15H21N3O. The second-order valence-electron chi connectivity index (χ2n) is 5.40. The lowest BCUT2D eigenvalue weighted by Gasteiger charge is -2.30. The highest BCUT2D eigenvalue weighted by atomic mass is 16.3. The number of nitrogens with two attached hydrogens (primary N) is 1. The lowest BCUT2D eigenvalue weighted by atomic mass is 10.1. The number of rotatable bonds is 4. The van der Waals surface area contributed by atoms with Gasteiger partial charge in [-0.3, -0.25) is 4.98 Å². The van der Waals surface area contributed by atoms with E-state index in [9.17, 15) is 5.11 Å². The first-order valence-electron chi connectivity index (χ1n) is 6.53. The Morgan fingerprint density at radius 1 is 1.32 bits per heavy atom.